The molecule has 10 nitrogen and oxygen atoms in total. The lowest BCUT2D eigenvalue weighted by Gasteiger charge is -2.42. The minimum atomic E-state index is -1.21. The smallest absolute Gasteiger partial charge is 0.302 e. The average Bonchev–Trinajstić information content (AvgIpc) is 3.11. The lowest BCUT2D eigenvalue weighted by molar-refractivity contribution is -0.141. The van der Waals surface area contributed by atoms with E-state index in [2.05, 4.69) is 5.32 Å². The van der Waals surface area contributed by atoms with Crippen molar-refractivity contribution in [1.29, 1.82) is 0 Å². The summed E-state index contributed by atoms with van der Waals surface area (Å²) in [5.41, 5.74) is -1.48. The Hall–Kier alpha value is -5.07. The van der Waals surface area contributed by atoms with Gasteiger partial charge in [0.15, 0.2) is 11.4 Å². The summed E-state index contributed by atoms with van der Waals surface area (Å²) in [6, 6.07) is 8.78. The second-order valence-corrected chi connectivity index (χ2v) is 10.1. The Bertz CT molecular complexity index is 1650. The number of benzene rings is 2. The Morgan fingerprint density at radius 1 is 1.05 bits per heavy atom. The van der Waals surface area contributed by atoms with Gasteiger partial charge in [0.2, 0.25) is 5.43 Å². The van der Waals surface area contributed by atoms with Gasteiger partial charge in [-0.3, -0.25) is 28.9 Å². The summed E-state index contributed by atoms with van der Waals surface area (Å²) in [4.78, 5) is 53.9. The van der Waals surface area contributed by atoms with Crippen molar-refractivity contribution in [3.8, 4) is 5.75 Å². The molecule has 2 amide bonds. The van der Waals surface area contributed by atoms with Crippen molar-refractivity contribution >= 4 is 17.8 Å². The molecular formula is C30H27F3N4O6. The first-order chi connectivity index (χ1) is 20.5. The molecule has 0 saturated heterocycles. The molecule has 2 aliphatic rings. The summed E-state index contributed by atoms with van der Waals surface area (Å²) in [5, 5.41) is 3.92. The van der Waals surface area contributed by atoms with Gasteiger partial charge in [-0.1, -0.05) is 42.5 Å². The minimum absolute atomic E-state index is 0.0139. The number of hydrogen-bond acceptors (Lipinski definition) is 7. The highest BCUT2D eigenvalue weighted by molar-refractivity contribution is 5.99. The lowest BCUT2D eigenvalue weighted by Crippen LogP contribution is -2.59. The van der Waals surface area contributed by atoms with E-state index in [1.165, 1.54) is 16.5 Å². The van der Waals surface area contributed by atoms with Gasteiger partial charge < -0.3 is 19.7 Å². The second kappa shape index (κ2) is 12.0. The molecule has 0 radical (unpaired) electrons. The molecule has 5 rings (SSSR count). The van der Waals surface area contributed by atoms with Crippen molar-refractivity contribution in [3.63, 3.8) is 0 Å². The van der Waals surface area contributed by atoms with E-state index < -0.39 is 76.2 Å². The number of aromatic nitrogens is 1. The minimum Gasteiger partial charge on any atom is -0.482 e. The van der Waals surface area contributed by atoms with Gasteiger partial charge in [-0.25, -0.2) is 13.2 Å². The van der Waals surface area contributed by atoms with E-state index in [4.69, 9.17) is 9.47 Å². The van der Waals surface area contributed by atoms with Gasteiger partial charge in [-0.15, -0.1) is 0 Å². The van der Waals surface area contributed by atoms with Crippen LogP contribution in [0, 0.1) is 17.5 Å². The number of amides is 2. The van der Waals surface area contributed by atoms with Gasteiger partial charge in [0, 0.05) is 43.4 Å². The summed E-state index contributed by atoms with van der Waals surface area (Å²) in [5.74, 6) is -6.03. The maximum absolute atomic E-state index is 14.2. The van der Waals surface area contributed by atoms with E-state index in [0.29, 0.717) is 17.7 Å². The molecule has 3 heterocycles. The first-order valence-electron chi connectivity index (χ1n) is 13.3. The van der Waals surface area contributed by atoms with Gasteiger partial charge >= 0.3 is 5.97 Å². The van der Waals surface area contributed by atoms with Gasteiger partial charge in [0.05, 0.1) is 6.04 Å². The van der Waals surface area contributed by atoms with Crippen LogP contribution in [0.25, 0.3) is 0 Å². The van der Waals surface area contributed by atoms with Crippen LogP contribution in [0.3, 0.4) is 0 Å². The summed E-state index contributed by atoms with van der Waals surface area (Å²) in [6.07, 6.45) is 4.65. The second-order valence-electron chi connectivity index (χ2n) is 10.1. The fourth-order valence-corrected chi connectivity index (χ4v) is 4.85. The number of hydrogen-bond donors (Lipinski definition) is 1. The van der Waals surface area contributed by atoms with Gasteiger partial charge in [-0.05, 0) is 12.5 Å². The van der Waals surface area contributed by atoms with Gasteiger partial charge in [0.25, 0.3) is 11.8 Å². The number of nitrogens with zero attached hydrogens (tertiary/aromatic N) is 3. The van der Waals surface area contributed by atoms with Crippen LogP contribution in [0.15, 0.2) is 65.6 Å². The fraction of sp³-hybridized carbons (Fsp3) is 0.267. The third-order valence-electron chi connectivity index (χ3n) is 7.13. The largest absolute Gasteiger partial charge is 0.482 e. The number of nitrogens with one attached hydrogen (secondary N) is 1. The summed E-state index contributed by atoms with van der Waals surface area (Å²) in [6.45, 7) is 2.15. The molecule has 0 saturated carbocycles. The highest BCUT2D eigenvalue weighted by Crippen LogP contribution is 2.28. The molecule has 224 valence electrons. The molecule has 0 unspecified atom stereocenters. The highest BCUT2D eigenvalue weighted by atomic mass is 19.1. The lowest BCUT2D eigenvalue weighted by atomic mass is 10.1. The molecular weight excluding hydrogens is 569 g/mol. The van der Waals surface area contributed by atoms with Crippen molar-refractivity contribution in [1.82, 2.24) is 14.9 Å². The van der Waals surface area contributed by atoms with E-state index in [-0.39, 0.29) is 25.6 Å². The molecule has 2 atom stereocenters. The van der Waals surface area contributed by atoms with Crippen molar-refractivity contribution in [2.24, 2.45) is 0 Å². The average molecular weight is 597 g/mol. The molecule has 0 aliphatic carbocycles. The molecule has 2 aliphatic heterocycles. The number of ether oxygens (including phenoxy) is 2. The van der Waals surface area contributed by atoms with Crippen molar-refractivity contribution < 1.29 is 37.0 Å². The van der Waals surface area contributed by atoms with Gasteiger partial charge in [-0.2, -0.15) is 0 Å². The molecule has 3 aromatic rings. The van der Waals surface area contributed by atoms with E-state index in [1.807, 2.05) is 0 Å². The molecule has 13 heteroatoms. The number of rotatable bonds is 8. The van der Waals surface area contributed by atoms with E-state index in [9.17, 15) is 32.3 Å². The highest BCUT2D eigenvalue weighted by Gasteiger charge is 2.40. The summed E-state index contributed by atoms with van der Waals surface area (Å²) in [7, 11) is 0. The third-order valence-corrected chi connectivity index (χ3v) is 7.13. The molecule has 2 aromatic carbocycles. The van der Waals surface area contributed by atoms with Crippen LogP contribution in [0.2, 0.25) is 0 Å². The predicted molar refractivity (Wildman–Crippen MR) is 147 cm³/mol. The topological polar surface area (TPSA) is 110 Å². The molecule has 43 heavy (non-hydrogen) atoms. The SMILES string of the molecule is CC(=O)OC[C@H]1C=C[C@H](C)N2CN1n1cc(C(=O)NCc3c(F)cc(F)cc3F)c(=O)c(OCc3ccccc3)c1C2=O. The number of fused-ring (bicyclic) bond motifs is 4. The van der Waals surface area contributed by atoms with Crippen LogP contribution in [0.1, 0.15) is 45.8 Å². The third kappa shape index (κ3) is 5.96. The van der Waals surface area contributed by atoms with E-state index in [0.717, 1.165) is 6.20 Å². The Labute approximate surface area is 243 Å². The fourth-order valence-electron chi connectivity index (χ4n) is 4.85. The molecule has 1 N–H and O–H groups in total. The first-order valence-corrected chi connectivity index (χ1v) is 13.3. The van der Waals surface area contributed by atoms with Crippen LogP contribution < -0.4 is 20.5 Å². The molecule has 0 spiro atoms. The number of halogens is 3. The number of esters is 1. The summed E-state index contributed by atoms with van der Waals surface area (Å²) < 4.78 is 54.2. The standard InChI is InChI=1S/C30H27F3N4O6/c1-17-8-9-21(15-42-18(2)38)37-16-35(17)30(41)26-28(43-14-19-6-4-3-5-7-19)27(39)23(13-36(26)37)29(40)34-12-22-24(32)10-20(31)11-25(22)33/h3-11,13,17,21H,12,14-16H2,1-2H3,(H,34,40)/t17-,21+/m0/s1. The Kier molecular flexibility index (Phi) is 8.24. The maximum atomic E-state index is 14.2. The predicted octanol–water partition coefficient (Wildman–Crippen LogP) is 3.02. The first kappa shape index (κ1) is 29.4. The number of carbonyl (C=O) groups excluding carboxylic acids is 3. The van der Waals surface area contributed by atoms with Crippen molar-refractivity contribution in [2.45, 2.75) is 39.1 Å². The molecule has 2 bridgehead atoms. The Balaban J connectivity index is 1.59. The van der Waals surface area contributed by atoms with Crippen molar-refractivity contribution in [3.05, 3.63) is 111 Å². The molecule has 1 aromatic heterocycles. The van der Waals surface area contributed by atoms with Crippen molar-refractivity contribution in [2.75, 3.05) is 18.3 Å². The van der Waals surface area contributed by atoms with E-state index in [1.54, 1.807) is 54.4 Å². The van der Waals surface area contributed by atoms with Crippen LogP contribution in [0.4, 0.5) is 13.2 Å². The zero-order valence-electron chi connectivity index (χ0n) is 23.2. The Morgan fingerprint density at radius 2 is 1.74 bits per heavy atom. The van der Waals surface area contributed by atoms with Crippen LogP contribution >= 0.6 is 0 Å². The van der Waals surface area contributed by atoms with Crippen LogP contribution in [0.5, 0.6) is 5.75 Å². The zero-order chi connectivity index (χ0) is 30.8. The normalized spacial score (nSPS) is 17.3. The number of pyridine rings is 1. The Morgan fingerprint density at radius 3 is 2.42 bits per heavy atom. The number of carbonyl (C=O) groups is 3. The van der Waals surface area contributed by atoms with Crippen LogP contribution in [-0.2, 0) is 22.7 Å². The zero-order valence-corrected chi connectivity index (χ0v) is 23.2. The monoisotopic (exact) mass is 596 g/mol. The quantitative estimate of drug-likeness (QED) is 0.315. The van der Waals surface area contributed by atoms with Crippen LogP contribution in [-0.4, -0.2) is 52.7 Å². The van der Waals surface area contributed by atoms with E-state index >= 15 is 0 Å². The summed E-state index contributed by atoms with van der Waals surface area (Å²) >= 11 is 0. The van der Waals surface area contributed by atoms with Gasteiger partial charge in [0.1, 0.15) is 42.9 Å². The molecule has 0 fully saturated rings. The maximum Gasteiger partial charge on any atom is 0.302 e.